The lowest BCUT2D eigenvalue weighted by Crippen LogP contribution is -2.28. The summed E-state index contributed by atoms with van der Waals surface area (Å²) in [6, 6.07) is 12.6. The number of nitrogens with zero attached hydrogens (tertiary/aromatic N) is 1. The third-order valence-electron chi connectivity index (χ3n) is 4.32. The summed E-state index contributed by atoms with van der Waals surface area (Å²) in [6.45, 7) is 2.26. The first-order valence-corrected chi connectivity index (χ1v) is 8.37. The van der Waals surface area contributed by atoms with Crippen molar-refractivity contribution in [2.24, 2.45) is 5.92 Å². The van der Waals surface area contributed by atoms with Crippen molar-refractivity contribution in [2.45, 2.75) is 13.3 Å². The first kappa shape index (κ1) is 17.3. The van der Waals surface area contributed by atoms with Crippen LogP contribution < -0.4 is 15.0 Å². The van der Waals surface area contributed by atoms with Gasteiger partial charge in [0, 0.05) is 29.4 Å². The molecule has 1 atom stereocenters. The van der Waals surface area contributed by atoms with E-state index in [9.17, 15) is 9.59 Å². The van der Waals surface area contributed by atoms with E-state index in [2.05, 4.69) is 5.32 Å². The van der Waals surface area contributed by atoms with E-state index >= 15 is 0 Å². The smallest absolute Gasteiger partial charge is 0.229 e. The lowest BCUT2D eigenvalue weighted by Gasteiger charge is -2.17. The van der Waals surface area contributed by atoms with Gasteiger partial charge < -0.3 is 15.0 Å². The fourth-order valence-corrected chi connectivity index (χ4v) is 2.99. The molecule has 6 heteroatoms. The molecule has 1 N–H and O–H groups in total. The van der Waals surface area contributed by atoms with Crippen LogP contribution in [0.15, 0.2) is 42.5 Å². The molecule has 130 valence electrons. The predicted molar refractivity (Wildman–Crippen MR) is 98.3 cm³/mol. The van der Waals surface area contributed by atoms with E-state index in [-0.39, 0.29) is 18.2 Å². The highest BCUT2D eigenvalue weighted by Gasteiger charge is 2.35. The van der Waals surface area contributed by atoms with Crippen molar-refractivity contribution in [2.75, 3.05) is 23.9 Å². The normalized spacial score (nSPS) is 16.8. The van der Waals surface area contributed by atoms with Gasteiger partial charge in [-0.3, -0.25) is 9.59 Å². The third-order valence-corrected chi connectivity index (χ3v) is 4.73. The van der Waals surface area contributed by atoms with Crippen molar-refractivity contribution in [3.8, 4) is 5.75 Å². The maximum Gasteiger partial charge on any atom is 0.229 e. The van der Waals surface area contributed by atoms with Crippen LogP contribution in [0.5, 0.6) is 5.75 Å². The second-order valence-corrected chi connectivity index (χ2v) is 6.46. The zero-order chi connectivity index (χ0) is 18.0. The summed E-state index contributed by atoms with van der Waals surface area (Å²) in [7, 11) is 1.59. The number of amides is 2. The Morgan fingerprint density at radius 3 is 2.60 bits per heavy atom. The molecule has 1 saturated heterocycles. The molecule has 0 saturated carbocycles. The summed E-state index contributed by atoms with van der Waals surface area (Å²) in [6.07, 6.45) is 0.192. The van der Waals surface area contributed by atoms with Crippen molar-refractivity contribution in [3.05, 3.63) is 53.1 Å². The summed E-state index contributed by atoms with van der Waals surface area (Å²) in [4.78, 5) is 26.4. The molecule has 5 nitrogen and oxygen atoms in total. The van der Waals surface area contributed by atoms with Gasteiger partial charge in [0.05, 0.1) is 13.0 Å². The SMILES string of the molecule is COc1ccc(N2C[C@H](C(=O)Nc3ccc(C)c(Cl)c3)CC2=O)cc1. The number of hydrogen-bond donors (Lipinski definition) is 1. The lowest BCUT2D eigenvalue weighted by molar-refractivity contribution is -0.122. The molecule has 1 heterocycles. The van der Waals surface area contributed by atoms with Gasteiger partial charge in [0.25, 0.3) is 0 Å². The number of methoxy groups -OCH3 is 1. The van der Waals surface area contributed by atoms with Crippen LogP contribution in [-0.2, 0) is 9.59 Å². The number of benzene rings is 2. The molecule has 0 aromatic heterocycles. The van der Waals surface area contributed by atoms with E-state index in [0.29, 0.717) is 17.3 Å². The fourth-order valence-electron chi connectivity index (χ4n) is 2.81. The van der Waals surface area contributed by atoms with Crippen LogP contribution in [0.2, 0.25) is 5.02 Å². The number of carbonyl (C=O) groups is 2. The Bertz CT molecular complexity index is 805. The Hall–Kier alpha value is -2.53. The maximum atomic E-state index is 12.5. The van der Waals surface area contributed by atoms with Gasteiger partial charge in [0.2, 0.25) is 11.8 Å². The van der Waals surface area contributed by atoms with Crippen LogP contribution >= 0.6 is 11.6 Å². The van der Waals surface area contributed by atoms with Crippen molar-refractivity contribution >= 4 is 34.8 Å². The number of ether oxygens (including phenoxy) is 1. The van der Waals surface area contributed by atoms with Gasteiger partial charge in [-0.2, -0.15) is 0 Å². The molecule has 2 amide bonds. The molecular formula is C19H19ClN2O3. The monoisotopic (exact) mass is 358 g/mol. The highest BCUT2D eigenvalue weighted by atomic mass is 35.5. The number of nitrogens with one attached hydrogen (secondary N) is 1. The fraction of sp³-hybridized carbons (Fsp3) is 0.263. The molecule has 1 aliphatic heterocycles. The first-order chi connectivity index (χ1) is 12.0. The number of aryl methyl sites for hydroxylation is 1. The van der Waals surface area contributed by atoms with Gasteiger partial charge in [-0.05, 0) is 48.9 Å². The number of rotatable bonds is 4. The zero-order valence-corrected chi connectivity index (χ0v) is 14.8. The van der Waals surface area contributed by atoms with E-state index in [4.69, 9.17) is 16.3 Å². The highest BCUT2D eigenvalue weighted by molar-refractivity contribution is 6.31. The van der Waals surface area contributed by atoms with Gasteiger partial charge in [-0.25, -0.2) is 0 Å². The zero-order valence-electron chi connectivity index (χ0n) is 14.1. The van der Waals surface area contributed by atoms with Crippen LogP contribution in [0.1, 0.15) is 12.0 Å². The number of hydrogen-bond acceptors (Lipinski definition) is 3. The van der Waals surface area contributed by atoms with Crippen LogP contribution in [0, 0.1) is 12.8 Å². The molecule has 3 rings (SSSR count). The minimum Gasteiger partial charge on any atom is -0.497 e. The Morgan fingerprint density at radius 1 is 1.24 bits per heavy atom. The summed E-state index contributed by atoms with van der Waals surface area (Å²) in [5.74, 6) is 0.0900. The summed E-state index contributed by atoms with van der Waals surface area (Å²) < 4.78 is 5.12. The van der Waals surface area contributed by atoms with Gasteiger partial charge in [-0.15, -0.1) is 0 Å². The van der Waals surface area contributed by atoms with E-state index in [1.807, 2.05) is 25.1 Å². The van der Waals surface area contributed by atoms with Crippen molar-refractivity contribution in [1.82, 2.24) is 0 Å². The van der Waals surface area contributed by atoms with Crippen LogP contribution in [-0.4, -0.2) is 25.5 Å². The maximum absolute atomic E-state index is 12.5. The van der Waals surface area contributed by atoms with Crippen LogP contribution in [0.25, 0.3) is 0 Å². The average molecular weight is 359 g/mol. The van der Waals surface area contributed by atoms with E-state index in [1.165, 1.54) is 0 Å². The van der Waals surface area contributed by atoms with Gasteiger partial charge in [0.15, 0.2) is 0 Å². The molecule has 2 aromatic carbocycles. The first-order valence-electron chi connectivity index (χ1n) is 7.99. The molecule has 1 aliphatic rings. The highest BCUT2D eigenvalue weighted by Crippen LogP contribution is 2.28. The van der Waals surface area contributed by atoms with Gasteiger partial charge >= 0.3 is 0 Å². The molecule has 0 spiro atoms. The summed E-state index contributed by atoms with van der Waals surface area (Å²) >= 11 is 6.08. The summed E-state index contributed by atoms with van der Waals surface area (Å²) in [5.41, 5.74) is 2.34. The Morgan fingerprint density at radius 2 is 1.96 bits per heavy atom. The largest absolute Gasteiger partial charge is 0.497 e. The van der Waals surface area contributed by atoms with E-state index < -0.39 is 5.92 Å². The molecule has 0 radical (unpaired) electrons. The van der Waals surface area contributed by atoms with Crippen LogP contribution in [0.4, 0.5) is 11.4 Å². The van der Waals surface area contributed by atoms with Crippen molar-refractivity contribution in [3.63, 3.8) is 0 Å². The molecular weight excluding hydrogens is 340 g/mol. The van der Waals surface area contributed by atoms with Crippen molar-refractivity contribution < 1.29 is 14.3 Å². The summed E-state index contributed by atoms with van der Waals surface area (Å²) in [5, 5.41) is 3.44. The van der Waals surface area contributed by atoms with Crippen molar-refractivity contribution in [1.29, 1.82) is 0 Å². The minimum absolute atomic E-state index is 0.0627. The second kappa shape index (κ2) is 7.15. The molecule has 0 bridgehead atoms. The minimum atomic E-state index is -0.394. The predicted octanol–water partition coefficient (Wildman–Crippen LogP) is 3.65. The Kier molecular flexibility index (Phi) is 4.95. The topological polar surface area (TPSA) is 58.6 Å². The quantitative estimate of drug-likeness (QED) is 0.907. The molecule has 2 aromatic rings. The number of halogens is 1. The molecule has 1 fully saturated rings. The standard InChI is InChI=1S/C19H19ClN2O3/c1-12-3-4-14(10-17(12)20)21-19(24)13-9-18(23)22(11-13)15-5-7-16(25-2)8-6-15/h3-8,10,13H,9,11H2,1-2H3,(H,21,24)/t13-/m1/s1. The van der Waals surface area contributed by atoms with Crippen LogP contribution in [0.3, 0.4) is 0 Å². The Labute approximate surface area is 151 Å². The second-order valence-electron chi connectivity index (χ2n) is 6.06. The number of anilines is 2. The Balaban J connectivity index is 1.68. The van der Waals surface area contributed by atoms with E-state index in [1.54, 1.807) is 36.3 Å². The lowest BCUT2D eigenvalue weighted by atomic mass is 10.1. The molecule has 0 aliphatic carbocycles. The third kappa shape index (κ3) is 3.77. The molecule has 25 heavy (non-hydrogen) atoms. The number of carbonyl (C=O) groups excluding carboxylic acids is 2. The van der Waals surface area contributed by atoms with Gasteiger partial charge in [-0.1, -0.05) is 17.7 Å². The van der Waals surface area contributed by atoms with Gasteiger partial charge in [0.1, 0.15) is 5.75 Å². The van der Waals surface area contributed by atoms with E-state index in [0.717, 1.165) is 17.0 Å². The average Bonchev–Trinajstić information content (AvgIpc) is 3.00. The molecule has 0 unspecified atom stereocenters.